The first kappa shape index (κ1) is 17.9. The molecule has 0 saturated heterocycles. The monoisotopic (exact) mass is 387 g/mol. The smallest absolute Gasteiger partial charge is 0.248 e. The van der Waals surface area contributed by atoms with Crippen LogP contribution < -0.4 is 10.1 Å². The maximum atomic E-state index is 12.1. The van der Waals surface area contributed by atoms with E-state index >= 15 is 0 Å². The predicted octanol–water partition coefficient (Wildman–Crippen LogP) is 4.70. The summed E-state index contributed by atoms with van der Waals surface area (Å²) in [5.41, 5.74) is 1.94. The lowest BCUT2D eigenvalue weighted by atomic mass is 10.1. The van der Waals surface area contributed by atoms with Gasteiger partial charge >= 0.3 is 0 Å². The number of ketones is 1. The fraction of sp³-hybridized carbons (Fsp3) is 0.158. The van der Waals surface area contributed by atoms with Crippen molar-refractivity contribution in [1.29, 1.82) is 0 Å². The third kappa shape index (κ3) is 5.06. The number of benzene rings is 2. The van der Waals surface area contributed by atoms with Gasteiger partial charge in [-0.25, -0.2) is 0 Å². The molecule has 124 valence electrons. The molecule has 1 amide bonds. The zero-order chi connectivity index (χ0) is 17.5. The van der Waals surface area contributed by atoms with E-state index in [1.165, 1.54) is 13.0 Å². The van der Waals surface area contributed by atoms with Crippen LogP contribution >= 0.6 is 15.9 Å². The highest BCUT2D eigenvalue weighted by molar-refractivity contribution is 9.10. The molecule has 2 aromatic carbocycles. The van der Waals surface area contributed by atoms with Crippen LogP contribution in [-0.4, -0.2) is 18.3 Å². The standard InChI is InChI=1S/C19H18BrNO3/c1-3-24-18-9-8-16(20)11-15(18)7-10-19(23)21-17-6-4-5-14(12-17)13(2)22/h4-12H,3H2,1-2H3,(H,21,23). The largest absolute Gasteiger partial charge is 0.493 e. The van der Waals surface area contributed by atoms with Crippen molar-refractivity contribution in [3.05, 3.63) is 64.1 Å². The molecule has 0 spiro atoms. The molecule has 0 bridgehead atoms. The van der Waals surface area contributed by atoms with Gasteiger partial charge in [-0.15, -0.1) is 0 Å². The predicted molar refractivity (Wildman–Crippen MR) is 99.4 cm³/mol. The Morgan fingerprint density at radius 2 is 2.00 bits per heavy atom. The van der Waals surface area contributed by atoms with Crippen LogP contribution in [-0.2, 0) is 4.79 Å². The first-order chi connectivity index (χ1) is 11.5. The summed E-state index contributed by atoms with van der Waals surface area (Å²) in [5, 5.41) is 2.74. The third-order valence-electron chi connectivity index (χ3n) is 3.22. The van der Waals surface area contributed by atoms with E-state index in [-0.39, 0.29) is 11.7 Å². The van der Waals surface area contributed by atoms with Crippen LogP contribution in [0.1, 0.15) is 29.8 Å². The number of Topliss-reactive ketones (excluding diaryl/α,β-unsaturated/α-hetero) is 1. The quantitative estimate of drug-likeness (QED) is 0.577. The summed E-state index contributed by atoms with van der Waals surface area (Å²) >= 11 is 3.41. The second kappa shape index (κ2) is 8.45. The number of halogens is 1. The molecular weight excluding hydrogens is 370 g/mol. The highest BCUT2D eigenvalue weighted by atomic mass is 79.9. The van der Waals surface area contributed by atoms with Gasteiger partial charge in [0, 0.05) is 27.4 Å². The summed E-state index contributed by atoms with van der Waals surface area (Å²) in [4.78, 5) is 23.5. The van der Waals surface area contributed by atoms with E-state index in [9.17, 15) is 9.59 Å². The molecule has 0 saturated carbocycles. The molecule has 0 aromatic heterocycles. The zero-order valence-electron chi connectivity index (χ0n) is 13.5. The van der Waals surface area contributed by atoms with Crippen LogP contribution in [0.2, 0.25) is 0 Å². The molecule has 0 aliphatic rings. The summed E-state index contributed by atoms with van der Waals surface area (Å²) in [6, 6.07) is 12.4. The van der Waals surface area contributed by atoms with Crippen LogP contribution in [0.25, 0.3) is 6.08 Å². The average Bonchev–Trinajstić information content (AvgIpc) is 2.55. The van der Waals surface area contributed by atoms with E-state index < -0.39 is 0 Å². The molecular formula is C19H18BrNO3. The minimum absolute atomic E-state index is 0.0443. The van der Waals surface area contributed by atoms with Gasteiger partial charge in [0.05, 0.1) is 6.61 Å². The highest BCUT2D eigenvalue weighted by Crippen LogP contribution is 2.24. The fourth-order valence-corrected chi connectivity index (χ4v) is 2.48. The van der Waals surface area contributed by atoms with E-state index in [1.807, 2.05) is 25.1 Å². The molecule has 0 aliphatic carbocycles. The van der Waals surface area contributed by atoms with E-state index in [0.717, 1.165) is 10.0 Å². The number of carbonyl (C=O) groups is 2. The van der Waals surface area contributed by atoms with Gasteiger partial charge in [0.25, 0.3) is 0 Å². The molecule has 0 aliphatic heterocycles. The van der Waals surface area contributed by atoms with E-state index in [4.69, 9.17) is 4.74 Å². The van der Waals surface area contributed by atoms with Crippen LogP contribution in [0.4, 0.5) is 5.69 Å². The van der Waals surface area contributed by atoms with Crippen molar-refractivity contribution < 1.29 is 14.3 Å². The number of hydrogen-bond acceptors (Lipinski definition) is 3. The SMILES string of the molecule is CCOc1ccc(Br)cc1C=CC(=O)Nc1cccc(C(C)=O)c1. The Bertz CT molecular complexity index is 784. The summed E-state index contributed by atoms with van der Waals surface area (Å²) in [6.07, 6.45) is 3.13. The van der Waals surface area contributed by atoms with Crippen molar-refractivity contribution >= 4 is 39.4 Å². The molecule has 0 radical (unpaired) electrons. The number of carbonyl (C=O) groups excluding carboxylic acids is 2. The first-order valence-electron chi connectivity index (χ1n) is 7.52. The third-order valence-corrected chi connectivity index (χ3v) is 3.72. The lowest BCUT2D eigenvalue weighted by molar-refractivity contribution is -0.111. The molecule has 2 rings (SSSR count). The minimum Gasteiger partial charge on any atom is -0.493 e. The topological polar surface area (TPSA) is 55.4 Å². The normalized spacial score (nSPS) is 10.6. The number of hydrogen-bond donors (Lipinski definition) is 1. The van der Waals surface area contributed by atoms with Gasteiger partial charge in [-0.1, -0.05) is 28.1 Å². The Kier molecular flexibility index (Phi) is 6.32. The van der Waals surface area contributed by atoms with Crippen LogP contribution in [0.15, 0.2) is 53.0 Å². The maximum Gasteiger partial charge on any atom is 0.248 e. The second-order valence-electron chi connectivity index (χ2n) is 5.07. The maximum absolute atomic E-state index is 12.1. The van der Waals surface area contributed by atoms with Gasteiger partial charge < -0.3 is 10.1 Å². The highest BCUT2D eigenvalue weighted by Gasteiger charge is 2.04. The molecule has 0 heterocycles. The van der Waals surface area contributed by atoms with Crippen LogP contribution in [0, 0.1) is 0 Å². The van der Waals surface area contributed by atoms with Crippen molar-refractivity contribution in [3.63, 3.8) is 0 Å². The lowest BCUT2D eigenvalue weighted by Gasteiger charge is -2.07. The Morgan fingerprint density at radius 3 is 2.71 bits per heavy atom. The van der Waals surface area contributed by atoms with Gasteiger partial charge in [-0.2, -0.15) is 0 Å². The van der Waals surface area contributed by atoms with E-state index in [2.05, 4.69) is 21.2 Å². The fourth-order valence-electron chi connectivity index (χ4n) is 2.10. The number of ether oxygens (including phenoxy) is 1. The van der Waals surface area contributed by atoms with Crippen molar-refractivity contribution in [3.8, 4) is 5.75 Å². The molecule has 0 atom stereocenters. The number of rotatable bonds is 6. The minimum atomic E-state index is -0.280. The lowest BCUT2D eigenvalue weighted by Crippen LogP contribution is -2.08. The second-order valence-corrected chi connectivity index (χ2v) is 5.99. The Balaban J connectivity index is 2.12. The van der Waals surface area contributed by atoms with Crippen LogP contribution in [0.5, 0.6) is 5.75 Å². The summed E-state index contributed by atoms with van der Waals surface area (Å²) in [5.74, 6) is 0.388. The molecule has 24 heavy (non-hydrogen) atoms. The van der Waals surface area contributed by atoms with Crippen molar-refractivity contribution in [2.75, 3.05) is 11.9 Å². The molecule has 1 N–H and O–H groups in total. The molecule has 0 unspecified atom stereocenters. The Morgan fingerprint density at radius 1 is 1.21 bits per heavy atom. The average molecular weight is 388 g/mol. The van der Waals surface area contributed by atoms with Gasteiger partial charge in [0.2, 0.25) is 5.91 Å². The summed E-state index contributed by atoms with van der Waals surface area (Å²) < 4.78 is 6.45. The van der Waals surface area contributed by atoms with Gasteiger partial charge in [0.15, 0.2) is 5.78 Å². The Hall–Kier alpha value is -2.40. The van der Waals surface area contributed by atoms with Gasteiger partial charge in [-0.3, -0.25) is 9.59 Å². The molecule has 0 fully saturated rings. The van der Waals surface area contributed by atoms with Gasteiger partial charge in [0.1, 0.15) is 5.75 Å². The van der Waals surface area contributed by atoms with Crippen LogP contribution in [0.3, 0.4) is 0 Å². The van der Waals surface area contributed by atoms with Crippen molar-refractivity contribution in [1.82, 2.24) is 0 Å². The molecule has 2 aromatic rings. The summed E-state index contributed by atoms with van der Waals surface area (Å²) in [6.45, 7) is 3.94. The van der Waals surface area contributed by atoms with Crippen molar-refractivity contribution in [2.24, 2.45) is 0 Å². The molecule has 5 heteroatoms. The summed E-state index contributed by atoms with van der Waals surface area (Å²) in [7, 11) is 0. The number of nitrogens with one attached hydrogen (secondary N) is 1. The number of anilines is 1. The Labute approximate surface area is 149 Å². The van der Waals surface area contributed by atoms with Gasteiger partial charge in [-0.05, 0) is 50.3 Å². The zero-order valence-corrected chi connectivity index (χ0v) is 15.1. The van der Waals surface area contributed by atoms with Crippen molar-refractivity contribution in [2.45, 2.75) is 13.8 Å². The van der Waals surface area contributed by atoms with E-state index in [0.29, 0.717) is 23.6 Å². The molecule has 4 nitrogen and oxygen atoms in total. The first-order valence-corrected chi connectivity index (χ1v) is 8.31. The van der Waals surface area contributed by atoms with E-state index in [1.54, 1.807) is 30.3 Å². The number of amides is 1.